The van der Waals surface area contributed by atoms with E-state index in [9.17, 15) is 9.59 Å². The van der Waals surface area contributed by atoms with Crippen molar-refractivity contribution >= 4 is 28.4 Å². The summed E-state index contributed by atoms with van der Waals surface area (Å²) in [5, 5.41) is 0.825. The first-order valence-electron chi connectivity index (χ1n) is 9.86. The fourth-order valence-corrected chi connectivity index (χ4v) is 3.63. The van der Waals surface area contributed by atoms with Crippen LogP contribution < -0.4 is 25.2 Å². The van der Waals surface area contributed by atoms with Crippen LogP contribution >= 0.6 is 11.6 Å². The maximum Gasteiger partial charge on any atom is 0.280 e. The first-order chi connectivity index (χ1) is 16.0. The molecule has 0 aliphatic carbocycles. The van der Waals surface area contributed by atoms with Gasteiger partial charge in [0.05, 0.1) is 32.2 Å². The lowest BCUT2D eigenvalue weighted by Gasteiger charge is -2.17. The van der Waals surface area contributed by atoms with Crippen molar-refractivity contribution in [3.8, 4) is 28.6 Å². The molecule has 0 atom stereocenters. The highest BCUT2D eigenvalue weighted by Gasteiger charge is 2.20. The molecule has 0 spiro atoms. The van der Waals surface area contributed by atoms with E-state index < -0.39 is 11.5 Å². The number of para-hydroxylation sites is 1. The summed E-state index contributed by atoms with van der Waals surface area (Å²) >= 11 is 6.16. The van der Waals surface area contributed by atoms with E-state index in [4.69, 9.17) is 25.8 Å². The number of rotatable bonds is 6. The summed E-state index contributed by atoms with van der Waals surface area (Å²) in [5.74, 6) is 0.626. The summed E-state index contributed by atoms with van der Waals surface area (Å²) in [6, 6.07) is 16.8. The number of nitrogens with zero attached hydrogens (tertiary/aromatic N) is 2. The molecule has 33 heavy (non-hydrogen) atoms. The van der Waals surface area contributed by atoms with Crippen LogP contribution in [-0.4, -0.2) is 36.9 Å². The fourth-order valence-electron chi connectivity index (χ4n) is 3.44. The van der Waals surface area contributed by atoms with Crippen molar-refractivity contribution in [2.75, 3.05) is 26.8 Å². The molecule has 0 fully saturated rings. The van der Waals surface area contributed by atoms with Crippen LogP contribution in [0.5, 0.6) is 17.2 Å². The predicted molar refractivity (Wildman–Crippen MR) is 126 cm³/mol. The molecule has 0 aliphatic rings. The Balaban J connectivity index is 1.87. The molecule has 0 unspecified atom stereocenters. The predicted octanol–water partition coefficient (Wildman–Crippen LogP) is 4.13. The van der Waals surface area contributed by atoms with Gasteiger partial charge in [-0.3, -0.25) is 15.0 Å². The topological polar surface area (TPSA) is 91.7 Å². The molecule has 9 heteroatoms. The number of benzene rings is 3. The van der Waals surface area contributed by atoms with Crippen LogP contribution in [0.15, 0.2) is 65.5 Å². The third-order valence-electron chi connectivity index (χ3n) is 5.00. The Kier molecular flexibility index (Phi) is 6.19. The lowest BCUT2D eigenvalue weighted by atomic mass is 10.1. The molecule has 0 radical (unpaired) electrons. The first-order valence-corrected chi connectivity index (χ1v) is 10.2. The van der Waals surface area contributed by atoms with Crippen molar-refractivity contribution in [2.45, 2.75) is 0 Å². The van der Waals surface area contributed by atoms with Crippen molar-refractivity contribution in [2.24, 2.45) is 0 Å². The standard InChI is InChI=1S/C24H20ClN3O5/c1-31-19-12-15(13-20(32-2)21(19)33-3)23(29)27-28-22(14-7-6-8-16(25)11-14)26-18-10-5-4-9-17(18)24(28)30/h4-13H,1-3H3,(H,27,29). The van der Waals surface area contributed by atoms with Gasteiger partial charge in [-0.1, -0.05) is 35.9 Å². The summed E-state index contributed by atoms with van der Waals surface area (Å²) in [4.78, 5) is 31.1. The average molecular weight is 466 g/mol. The van der Waals surface area contributed by atoms with Crippen LogP contribution in [-0.2, 0) is 0 Å². The Labute approximate surface area is 194 Å². The van der Waals surface area contributed by atoms with Gasteiger partial charge in [0.2, 0.25) is 5.75 Å². The number of carbonyl (C=O) groups is 1. The van der Waals surface area contributed by atoms with Gasteiger partial charge in [0.1, 0.15) is 0 Å². The highest BCUT2D eigenvalue weighted by Crippen LogP contribution is 2.38. The molecule has 1 N–H and O–H groups in total. The second-order valence-corrected chi connectivity index (χ2v) is 7.39. The lowest BCUT2D eigenvalue weighted by molar-refractivity contribution is 0.101. The fraction of sp³-hybridized carbons (Fsp3) is 0.125. The monoisotopic (exact) mass is 465 g/mol. The van der Waals surface area contributed by atoms with Gasteiger partial charge in [-0.05, 0) is 36.4 Å². The summed E-state index contributed by atoms with van der Waals surface area (Å²) in [5.41, 5.74) is 3.48. The zero-order valence-electron chi connectivity index (χ0n) is 18.1. The number of carbonyl (C=O) groups excluding carboxylic acids is 1. The van der Waals surface area contributed by atoms with Gasteiger partial charge in [0, 0.05) is 16.1 Å². The maximum absolute atomic E-state index is 13.3. The zero-order valence-corrected chi connectivity index (χ0v) is 18.8. The molecule has 0 saturated carbocycles. The Bertz CT molecular complexity index is 1390. The molecule has 1 amide bonds. The van der Waals surface area contributed by atoms with Crippen molar-refractivity contribution in [3.63, 3.8) is 0 Å². The molecule has 168 valence electrons. The summed E-state index contributed by atoms with van der Waals surface area (Å²) in [6.45, 7) is 0. The van der Waals surface area contributed by atoms with Crippen LogP contribution in [0.1, 0.15) is 10.4 Å². The van der Waals surface area contributed by atoms with E-state index >= 15 is 0 Å². The molecule has 1 aromatic heterocycles. The number of nitrogens with one attached hydrogen (secondary N) is 1. The van der Waals surface area contributed by atoms with Gasteiger partial charge < -0.3 is 14.2 Å². The quantitative estimate of drug-likeness (QED) is 0.460. The molecule has 8 nitrogen and oxygen atoms in total. The second-order valence-electron chi connectivity index (χ2n) is 6.96. The van der Waals surface area contributed by atoms with Crippen molar-refractivity contribution < 1.29 is 19.0 Å². The molecule has 0 aliphatic heterocycles. The smallest absolute Gasteiger partial charge is 0.280 e. The zero-order chi connectivity index (χ0) is 23.5. The molecular weight excluding hydrogens is 446 g/mol. The Morgan fingerprint density at radius 3 is 2.27 bits per heavy atom. The third-order valence-corrected chi connectivity index (χ3v) is 5.23. The van der Waals surface area contributed by atoms with E-state index in [-0.39, 0.29) is 11.4 Å². The van der Waals surface area contributed by atoms with Crippen molar-refractivity contribution in [1.29, 1.82) is 0 Å². The van der Waals surface area contributed by atoms with E-state index in [0.717, 1.165) is 4.68 Å². The number of halogens is 1. The minimum atomic E-state index is -0.572. The summed E-state index contributed by atoms with van der Waals surface area (Å²) < 4.78 is 17.1. The molecule has 4 rings (SSSR count). The van der Waals surface area contributed by atoms with Gasteiger partial charge in [0.15, 0.2) is 17.3 Å². The van der Waals surface area contributed by atoms with Gasteiger partial charge in [0.25, 0.3) is 11.5 Å². The van der Waals surface area contributed by atoms with Gasteiger partial charge in [-0.15, -0.1) is 0 Å². The number of hydrogen-bond acceptors (Lipinski definition) is 6. The van der Waals surface area contributed by atoms with E-state index in [0.29, 0.717) is 38.7 Å². The number of fused-ring (bicyclic) bond motifs is 1. The van der Waals surface area contributed by atoms with Crippen LogP contribution in [0.25, 0.3) is 22.3 Å². The normalized spacial score (nSPS) is 10.7. The molecule has 4 aromatic rings. The van der Waals surface area contributed by atoms with E-state index in [1.807, 2.05) is 0 Å². The number of amides is 1. The average Bonchev–Trinajstić information content (AvgIpc) is 2.84. The molecule has 0 bridgehead atoms. The van der Waals surface area contributed by atoms with Crippen molar-refractivity contribution in [3.05, 3.63) is 81.6 Å². The number of methoxy groups -OCH3 is 3. The minimum Gasteiger partial charge on any atom is -0.493 e. The summed E-state index contributed by atoms with van der Waals surface area (Å²) in [6.07, 6.45) is 0. The maximum atomic E-state index is 13.3. The van der Waals surface area contributed by atoms with E-state index in [1.54, 1.807) is 48.5 Å². The van der Waals surface area contributed by atoms with Crippen LogP contribution in [0.3, 0.4) is 0 Å². The van der Waals surface area contributed by atoms with Crippen molar-refractivity contribution in [1.82, 2.24) is 9.66 Å². The Hall–Kier alpha value is -4.04. The summed E-state index contributed by atoms with van der Waals surface area (Å²) in [7, 11) is 4.37. The number of aromatic nitrogens is 2. The Morgan fingerprint density at radius 2 is 1.64 bits per heavy atom. The van der Waals surface area contributed by atoms with E-state index in [1.165, 1.54) is 33.5 Å². The first kappa shape index (κ1) is 22.2. The number of ether oxygens (including phenoxy) is 3. The van der Waals surface area contributed by atoms with Crippen LogP contribution in [0.2, 0.25) is 5.02 Å². The van der Waals surface area contributed by atoms with Crippen LogP contribution in [0, 0.1) is 0 Å². The highest BCUT2D eigenvalue weighted by molar-refractivity contribution is 6.30. The largest absolute Gasteiger partial charge is 0.493 e. The number of hydrogen-bond donors (Lipinski definition) is 1. The Morgan fingerprint density at radius 1 is 0.939 bits per heavy atom. The van der Waals surface area contributed by atoms with Gasteiger partial charge in [-0.25, -0.2) is 4.98 Å². The minimum absolute atomic E-state index is 0.196. The molecule has 3 aromatic carbocycles. The lowest BCUT2D eigenvalue weighted by Crippen LogP contribution is -2.35. The molecule has 0 saturated heterocycles. The molecule has 1 heterocycles. The van der Waals surface area contributed by atoms with Crippen LogP contribution in [0.4, 0.5) is 0 Å². The highest BCUT2D eigenvalue weighted by atomic mass is 35.5. The SMILES string of the molecule is COc1cc(C(=O)Nn2c(-c3cccc(Cl)c3)nc3ccccc3c2=O)cc(OC)c1OC. The van der Waals surface area contributed by atoms with Gasteiger partial charge >= 0.3 is 0 Å². The third kappa shape index (κ3) is 4.20. The van der Waals surface area contributed by atoms with Gasteiger partial charge in [-0.2, -0.15) is 4.68 Å². The second kappa shape index (κ2) is 9.22. The van der Waals surface area contributed by atoms with E-state index in [2.05, 4.69) is 10.4 Å². The molecular formula is C24H20ClN3O5.